The van der Waals surface area contributed by atoms with Crippen molar-refractivity contribution in [1.29, 1.82) is 0 Å². The number of nitrogens with zero attached hydrogens (tertiary/aromatic N) is 1. The summed E-state index contributed by atoms with van der Waals surface area (Å²) in [5.41, 5.74) is 0. The summed E-state index contributed by atoms with van der Waals surface area (Å²) in [4.78, 5) is 0. The summed E-state index contributed by atoms with van der Waals surface area (Å²) in [6.45, 7) is 8.09. The molecule has 0 unspecified atom stereocenters. The van der Waals surface area contributed by atoms with Gasteiger partial charge in [-0.1, -0.05) is 12.2 Å². The lowest BCUT2D eigenvalue weighted by Crippen LogP contribution is -2.40. The van der Waals surface area contributed by atoms with Crippen molar-refractivity contribution in [2.45, 2.75) is 26.7 Å². The molecule has 0 aromatic rings. The molecular weight excluding hydrogens is 226 g/mol. The number of hydrogen-bond donors (Lipinski definition) is 0. The van der Waals surface area contributed by atoms with Crippen molar-refractivity contribution < 1.29 is 17.5 Å². The first-order valence-electron chi connectivity index (χ1n) is 5.71. The maximum atomic E-state index is 9.78. The van der Waals surface area contributed by atoms with Gasteiger partial charge in [0.15, 0.2) is 0 Å². The molecule has 0 amide bonds. The average molecular weight is 249 g/mol. The van der Waals surface area contributed by atoms with E-state index in [0.29, 0.717) is 0 Å². The molecule has 0 spiro atoms. The number of rotatable bonds is 3. The molecule has 0 aromatic carbocycles. The largest absolute Gasteiger partial charge is 0.748 e. The number of quaternary nitrogens is 1. The Morgan fingerprint density at radius 2 is 1.81 bits per heavy atom. The van der Waals surface area contributed by atoms with Gasteiger partial charge in [0, 0.05) is 12.8 Å². The molecule has 0 radical (unpaired) electrons. The van der Waals surface area contributed by atoms with Crippen LogP contribution in [0.1, 0.15) is 26.7 Å². The van der Waals surface area contributed by atoms with Crippen molar-refractivity contribution in [3.8, 4) is 0 Å². The van der Waals surface area contributed by atoms with Gasteiger partial charge >= 0.3 is 0 Å². The third-order valence-electron chi connectivity index (χ3n) is 2.95. The van der Waals surface area contributed by atoms with E-state index in [1.54, 1.807) is 6.92 Å². The van der Waals surface area contributed by atoms with Crippen molar-refractivity contribution in [1.82, 2.24) is 0 Å². The maximum Gasteiger partial charge on any atom is 0.0982 e. The van der Waals surface area contributed by atoms with Crippen molar-refractivity contribution >= 4 is 10.1 Å². The van der Waals surface area contributed by atoms with Crippen LogP contribution in [-0.4, -0.2) is 49.9 Å². The summed E-state index contributed by atoms with van der Waals surface area (Å²) < 4.78 is 30.7. The highest BCUT2D eigenvalue weighted by Crippen LogP contribution is 2.14. The normalized spacial score (nSPS) is 19.5. The van der Waals surface area contributed by atoms with Gasteiger partial charge in [0.25, 0.3) is 0 Å². The van der Waals surface area contributed by atoms with Crippen LogP contribution in [0, 0.1) is 0 Å². The van der Waals surface area contributed by atoms with E-state index < -0.39 is 15.9 Å². The van der Waals surface area contributed by atoms with Crippen LogP contribution in [-0.2, 0) is 10.1 Å². The van der Waals surface area contributed by atoms with Crippen LogP contribution in [0.15, 0.2) is 12.2 Å². The Labute approximate surface area is 99.3 Å². The van der Waals surface area contributed by atoms with Gasteiger partial charge in [-0.25, -0.2) is 8.42 Å². The zero-order valence-corrected chi connectivity index (χ0v) is 11.3. The van der Waals surface area contributed by atoms with Gasteiger partial charge < -0.3 is 9.04 Å². The van der Waals surface area contributed by atoms with Crippen LogP contribution in [0.25, 0.3) is 0 Å². The third kappa shape index (κ3) is 7.84. The zero-order chi connectivity index (χ0) is 12.7. The number of hydrogen-bond acceptors (Lipinski definition) is 3. The molecule has 1 heterocycles. The van der Waals surface area contributed by atoms with Gasteiger partial charge in [0.2, 0.25) is 0 Å². The highest BCUT2D eigenvalue weighted by atomic mass is 32.2. The summed E-state index contributed by atoms with van der Waals surface area (Å²) in [5, 5.41) is 0. The van der Waals surface area contributed by atoms with E-state index in [9.17, 15) is 13.0 Å². The molecule has 96 valence electrons. The van der Waals surface area contributed by atoms with Gasteiger partial charge in [0.1, 0.15) is 0 Å². The van der Waals surface area contributed by atoms with Crippen LogP contribution in [0.2, 0.25) is 0 Å². The second-order valence-corrected chi connectivity index (χ2v) is 5.83. The van der Waals surface area contributed by atoms with E-state index in [-0.39, 0.29) is 0 Å². The Morgan fingerprint density at radius 1 is 1.31 bits per heavy atom. The predicted octanol–water partition coefficient (Wildman–Crippen LogP) is 1.35. The lowest BCUT2D eigenvalue weighted by molar-refractivity contribution is -0.895. The lowest BCUT2D eigenvalue weighted by Gasteiger charge is -2.26. The van der Waals surface area contributed by atoms with Crippen LogP contribution < -0.4 is 0 Å². The molecule has 5 heteroatoms. The summed E-state index contributed by atoms with van der Waals surface area (Å²) in [7, 11) is -1.67. The monoisotopic (exact) mass is 249 g/mol. The van der Waals surface area contributed by atoms with Gasteiger partial charge in [-0.2, -0.15) is 0 Å². The molecule has 0 saturated carbocycles. The van der Waals surface area contributed by atoms with Crippen LogP contribution in [0.3, 0.4) is 0 Å². The zero-order valence-electron chi connectivity index (χ0n) is 10.5. The van der Waals surface area contributed by atoms with E-state index >= 15 is 0 Å². The van der Waals surface area contributed by atoms with Gasteiger partial charge in [0.05, 0.1) is 42.6 Å². The minimum absolute atomic E-state index is 0.399. The summed E-state index contributed by atoms with van der Waals surface area (Å²) in [5.74, 6) is -0.399. The topological polar surface area (TPSA) is 57.2 Å². The van der Waals surface area contributed by atoms with Crippen molar-refractivity contribution in [2.75, 3.05) is 32.4 Å². The molecule has 0 bridgehead atoms. The van der Waals surface area contributed by atoms with E-state index in [4.69, 9.17) is 0 Å². The molecule has 1 fully saturated rings. The quantitative estimate of drug-likeness (QED) is 0.431. The summed E-state index contributed by atoms with van der Waals surface area (Å²) in [6, 6.07) is 0. The first kappa shape index (κ1) is 15.6. The van der Waals surface area contributed by atoms with Gasteiger partial charge in [-0.05, 0) is 13.8 Å². The fraction of sp³-hybridized carbons (Fsp3) is 0.818. The second-order valence-electron chi connectivity index (χ2n) is 4.38. The second kappa shape index (κ2) is 7.04. The predicted molar refractivity (Wildman–Crippen MR) is 65.1 cm³/mol. The first-order valence-corrected chi connectivity index (χ1v) is 7.29. The molecule has 0 atom stereocenters. The van der Waals surface area contributed by atoms with Crippen molar-refractivity contribution in [3.63, 3.8) is 0 Å². The average Bonchev–Trinajstić information content (AvgIpc) is 2.63. The Balaban J connectivity index is 0.000000281. The van der Waals surface area contributed by atoms with Crippen LogP contribution in [0.4, 0.5) is 0 Å². The minimum atomic E-state index is -4.02. The molecule has 0 aliphatic carbocycles. The van der Waals surface area contributed by atoms with Gasteiger partial charge in [-0.15, -0.1) is 0 Å². The molecule has 4 nitrogen and oxygen atoms in total. The Hall–Kier alpha value is -0.390. The molecule has 0 aromatic heterocycles. The Kier molecular flexibility index (Phi) is 6.87. The Morgan fingerprint density at radius 3 is 2.00 bits per heavy atom. The standard InChI is InChI=1S/C7H16N.C4H8O3S/c1-3-8(2)6-4-5-7-8;1-2-3-4-8(5,6)7/h3-7H2,1-2H3;2-3H,4H2,1H3,(H,5,6,7)/q+1;/p-1. The van der Waals surface area contributed by atoms with Crippen LogP contribution >= 0.6 is 0 Å². The first-order chi connectivity index (χ1) is 7.33. The SMILES string of the molecule is CC=CCS(=O)(=O)[O-].CC[N+]1(C)CCCC1. The maximum absolute atomic E-state index is 9.78. The minimum Gasteiger partial charge on any atom is -0.748 e. The fourth-order valence-electron chi connectivity index (χ4n) is 1.63. The van der Waals surface area contributed by atoms with Crippen molar-refractivity contribution in [3.05, 3.63) is 12.2 Å². The fourth-order valence-corrected chi connectivity index (χ4v) is 2.06. The summed E-state index contributed by atoms with van der Waals surface area (Å²) >= 11 is 0. The highest BCUT2D eigenvalue weighted by Gasteiger charge is 2.23. The molecule has 1 rings (SSSR count). The van der Waals surface area contributed by atoms with E-state index in [0.717, 1.165) is 0 Å². The van der Waals surface area contributed by atoms with E-state index in [2.05, 4.69) is 14.0 Å². The highest BCUT2D eigenvalue weighted by molar-refractivity contribution is 7.85. The van der Waals surface area contributed by atoms with E-state index in [1.807, 2.05) is 0 Å². The van der Waals surface area contributed by atoms with Crippen molar-refractivity contribution in [2.24, 2.45) is 0 Å². The molecular formula is C11H23NO3S. The van der Waals surface area contributed by atoms with E-state index in [1.165, 1.54) is 49.1 Å². The summed E-state index contributed by atoms with van der Waals surface area (Å²) in [6.07, 6.45) is 5.73. The molecule has 16 heavy (non-hydrogen) atoms. The third-order valence-corrected chi connectivity index (χ3v) is 3.55. The number of likely N-dealkylation sites (tertiary alicyclic amines) is 1. The lowest BCUT2D eigenvalue weighted by atomic mass is 10.4. The molecule has 1 saturated heterocycles. The molecule has 0 N–H and O–H groups in total. The molecule has 1 aliphatic heterocycles. The smallest absolute Gasteiger partial charge is 0.0982 e. The Bertz CT molecular complexity index is 303. The number of allylic oxidation sites excluding steroid dienone is 1. The molecule has 1 aliphatic rings. The van der Waals surface area contributed by atoms with Gasteiger partial charge in [-0.3, -0.25) is 0 Å². The van der Waals surface area contributed by atoms with Crippen LogP contribution in [0.5, 0.6) is 0 Å².